The van der Waals surface area contributed by atoms with E-state index in [1.807, 2.05) is 0 Å². The smallest absolute Gasteiger partial charge is 0.306 e. The third-order valence-corrected chi connectivity index (χ3v) is 13.3. The number of rotatable bonds is 55. The zero-order chi connectivity index (χ0) is 49.2. The standard InChI is InChI=1S/C63H114O5/c1-3-5-7-9-11-13-15-17-18-19-20-21-22-23-24-25-26-27-28-29-30-31-32-33-34-35-36-37-38-39-40-41-42-43-44-46-48-50-52-54-56-58-63(66)68-61(59-64)60-67-62(65)57-55-53-51-49-47-45-16-14-12-10-8-6-4-2/h5,7,11,13-14,16-18,20-21,61,64H,3-4,6,8-10,12,15,19,22-60H2,1-2H3/b7-5-,13-11-,16-14-,18-17-,21-20-. The molecule has 0 aliphatic heterocycles. The molecule has 5 heteroatoms. The van der Waals surface area contributed by atoms with Crippen LogP contribution < -0.4 is 0 Å². The summed E-state index contributed by atoms with van der Waals surface area (Å²) in [6.07, 6.45) is 79.5. The molecule has 1 unspecified atom stereocenters. The Morgan fingerprint density at radius 3 is 0.971 bits per heavy atom. The average Bonchev–Trinajstić information content (AvgIpc) is 3.34. The summed E-state index contributed by atoms with van der Waals surface area (Å²) in [5, 5.41) is 9.62. The number of carbonyl (C=O) groups is 2. The zero-order valence-corrected chi connectivity index (χ0v) is 45.4. The number of ether oxygens (including phenoxy) is 2. The van der Waals surface area contributed by atoms with Gasteiger partial charge in [-0.3, -0.25) is 9.59 Å². The van der Waals surface area contributed by atoms with Crippen molar-refractivity contribution in [2.75, 3.05) is 13.2 Å². The number of esters is 2. The first-order valence-corrected chi connectivity index (χ1v) is 29.8. The Labute approximate surface area is 423 Å². The Morgan fingerprint density at radius 1 is 0.353 bits per heavy atom. The first-order chi connectivity index (χ1) is 33.6. The number of carbonyl (C=O) groups excluding carboxylic acids is 2. The van der Waals surface area contributed by atoms with E-state index in [1.165, 1.54) is 212 Å². The molecule has 396 valence electrons. The first kappa shape index (κ1) is 65.6. The van der Waals surface area contributed by atoms with Gasteiger partial charge in [0.25, 0.3) is 0 Å². The van der Waals surface area contributed by atoms with Crippen LogP contribution in [0.5, 0.6) is 0 Å². The van der Waals surface area contributed by atoms with Crippen molar-refractivity contribution < 1.29 is 24.2 Å². The third-order valence-electron chi connectivity index (χ3n) is 13.3. The number of hydrogen-bond acceptors (Lipinski definition) is 5. The molecule has 0 aromatic rings. The van der Waals surface area contributed by atoms with E-state index in [2.05, 4.69) is 74.6 Å². The molecule has 0 saturated heterocycles. The monoisotopic (exact) mass is 951 g/mol. The van der Waals surface area contributed by atoms with E-state index >= 15 is 0 Å². The lowest BCUT2D eigenvalue weighted by atomic mass is 10.0. The lowest BCUT2D eigenvalue weighted by molar-refractivity contribution is -0.161. The summed E-state index contributed by atoms with van der Waals surface area (Å²) >= 11 is 0. The predicted molar refractivity (Wildman–Crippen MR) is 297 cm³/mol. The van der Waals surface area contributed by atoms with Gasteiger partial charge >= 0.3 is 11.9 Å². The van der Waals surface area contributed by atoms with Crippen LogP contribution in [0.15, 0.2) is 60.8 Å². The van der Waals surface area contributed by atoms with E-state index in [0.29, 0.717) is 12.8 Å². The van der Waals surface area contributed by atoms with Crippen molar-refractivity contribution in [3.05, 3.63) is 60.8 Å². The van der Waals surface area contributed by atoms with Gasteiger partial charge in [-0.05, 0) is 77.0 Å². The highest BCUT2D eigenvalue weighted by atomic mass is 16.6. The zero-order valence-electron chi connectivity index (χ0n) is 45.4. The van der Waals surface area contributed by atoms with Crippen molar-refractivity contribution in [3.63, 3.8) is 0 Å². The maximum absolute atomic E-state index is 12.3. The van der Waals surface area contributed by atoms with E-state index in [9.17, 15) is 14.7 Å². The fourth-order valence-corrected chi connectivity index (χ4v) is 8.84. The highest BCUT2D eigenvalue weighted by Crippen LogP contribution is 2.17. The van der Waals surface area contributed by atoms with Gasteiger partial charge in [-0.25, -0.2) is 0 Å². The molecule has 0 aromatic heterocycles. The van der Waals surface area contributed by atoms with Crippen molar-refractivity contribution in [2.24, 2.45) is 0 Å². The van der Waals surface area contributed by atoms with Gasteiger partial charge in [0.15, 0.2) is 6.10 Å². The van der Waals surface area contributed by atoms with Gasteiger partial charge < -0.3 is 14.6 Å². The number of unbranched alkanes of at least 4 members (excludes halogenated alkanes) is 37. The van der Waals surface area contributed by atoms with Crippen molar-refractivity contribution in [1.29, 1.82) is 0 Å². The fraction of sp³-hybridized carbons (Fsp3) is 0.810. The van der Waals surface area contributed by atoms with E-state index in [-0.39, 0.29) is 25.2 Å². The fourth-order valence-electron chi connectivity index (χ4n) is 8.84. The Morgan fingerprint density at radius 2 is 0.632 bits per heavy atom. The summed E-state index contributed by atoms with van der Waals surface area (Å²) in [6.45, 7) is 4.03. The van der Waals surface area contributed by atoms with Crippen LogP contribution in [0.3, 0.4) is 0 Å². The normalized spacial score (nSPS) is 12.6. The van der Waals surface area contributed by atoms with E-state index in [1.54, 1.807) is 0 Å². The highest BCUT2D eigenvalue weighted by Gasteiger charge is 2.16. The van der Waals surface area contributed by atoms with Crippen LogP contribution in [0.25, 0.3) is 0 Å². The van der Waals surface area contributed by atoms with Gasteiger partial charge in [0.1, 0.15) is 6.61 Å². The van der Waals surface area contributed by atoms with Crippen LogP contribution >= 0.6 is 0 Å². The molecular weight excluding hydrogens is 837 g/mol. The van der Waals surface area contributed by atoms with E-state index < -0.39 is 6.10 Å². The Kier molecular flexibility index (Phi) is 56.8. The molecule has 0 rings (SSSR count). The maximum atomic E-state index is 12.3. The maximum Gasteiger partial charge on any atom is 0.306 e. The van der Waals surface area contributed by atoms with Gasteiger partial charge in [-0.2, -0.15) is 0 Å². The topological polar surface area (TPSA) is 72.8 Å². The molecule has 5 nitrogen and oxygen atoms in total. The molecule has 0 bridgehead atoms. The molecule has 0 radical (unpaired) electrons. The Balaban J connectivity index is 3.36. The molecule has 1 atom stereocenters. The second kappa shape index (κ2) is 58.9. The Bertz CT molecular complexity index is 1170. The van der Waals surface area contributed by atoms with Crippen LogP contribution in [-0.4, -0.2) is 36.4 Å². The molecule has 1 N–H and O–H groups in total. The molecule has 0 heterocycles. The van der Waals surface area contributed by atoms with Crippen LogP contribution in [0.1, 0.15) is 309 Å². The summed E-state index contributed by atoms with van der Waals surface area (Å²) in [5.41, 5.74) is 0. The minimum absolute atomic E-state index is 0.0664. The number of aliphatic hydroxyl groups excluding tert-OH is 1. The molecule has 0 aromatic carbocycles. The molecule has 0 aliphatic carbocycles. The second-order valence-corrected chi connectivity index (χ2v) is 20.0. The van der Waals surface area contributed by atoms with Crippen LogP contribution in [0.4, 0.5) is 0 Å². The molecule has 0 saturated carbocycles. The van der Waals surface area contributed by atoms with Gasteiger partial charge in [-0.15, -0.1) is 0 Å². The van der Waals surface area contributed by atoms with Gasteiger partial charge in [0, 0.05) is 12.8 Å². The number of aliphatic hydroxyl groups is 1. The predicted octanol–water partition coefficient (Wildman–Crippen LogP) is 20.2. The lowest BCUT2D eigenvalue weighted by Gasteiger charge is -2.15. The van der Waals surface area contributed by atoms with E-state index in [4.69, 9.17) is 9.47 Å². The molecule has 0 aliphatic rings. The summed E-state index contributed by atoms with van der Waals surface area (Å²) in [4.78, 5) is 24.4. The molecule has 0 spiro atoms. The molecule has 0 amide bonds. The van der Waals surface area contributed by atoms with Crippen LogP contribution in [0.2, 0.25) is 0 Å². The number of hydrogen-bond donors (Lipinski definition) is 1. The highest BCUT2D eigenvalue weighted by molar-refractivity contribution is 5.70. The minimum Gasteiger partial charge on any atom is -0.462 e. The third kappa shape index (κ3) is 56.2. The molecular formula is C63H114O5. The lowest BCUT2D eigenvalue weighted by Crippen LogP contribution is -2.28. The summed E-state index contributed by atoms with van der Waals surface area (Å²) < 4.78 is 10.7. The van der Waals surface area contributed by atoms with Crippen LogP contribution in [-0.2, 0) is 19.1 Å². The Hall–Kier alpha value is -2.40. The quantitative estimate of drug-likeness (QED) is 0.0374. The second-order valence-electron chi connectivity index (χ2n) is 20.0. The van der Waals surface area contributed by atoms with Crippen molar-refractivity contribution in [3.8, 4) is 0 Å². The van der Waals surface area contributed by atoms with Gasteiger partial charge in [0.05, 0.1) is 6.61 Å². The van der Waals surface area contributed by atoms with E-state index in [0.717, 1.165) is 70.6 Å². The summed E-state index contributed by atoms with van der Waals surface area (Å²) in [5.74, 6) is -0.588. The first-order valence-electron chi connectivity index (χ1n) is 29.8. The minimum atomic E-state index is -0.772. The molecule has 0 fully saturated rings. The van der Waals surface area contributed by atoms with Gasteiger partial charge in [-0.1, -0.05) is 280 Å². The average molecular weight is 952 g/mol. The number of allylic oxidation sites excluding steroid dienone is 10. The van der Waals surface area contributed by atoms with Crippen molar-refractivity contribution in [1.82, 2.24) is 0 Å². The molecule has 68 heavy (non-hydrogen) atoms. The largest absolute Gasteiger partial charge is 0.462 e. The summed E-state index contributed by atoms with van der Waals surface area (Å²) in [7, 11) is 0. The SMILES string of the molecule is CC/C=C\C/C=C\C/C=C\C/C=C\CCCCCCCCCCCCCCCCCCCCCCCCCCCCCCC(=O)OC(CO)COC(=O)CCCCCCC/C=C\CCCCCC. The van der Waals surface area contributed by atoms with Crippen molar-refractivity contribution >= 4 is 11.9 Å². The van der Waals surface area contributed by atoms with Crippen LogP contribution in [0, 0.1) is 0 Å². The van der Waals surface area contributed by atoms with Gasteiger partial charge in [0.2, 0.25) is 0 Å². The van der Waals surface area contributed by atoms with Crippen molar-refractivity contribution in [2.45, 2.75) is 315 Å². The summed E-state index contributed by atoms with van der Waals surface area (Å²) in [6, 6.07) is 0.